The van der Waals surface area contributed by atoms with Crippen molar-refractivity contribution in [2.45, 2.75) is 13.8 Å². The first kappa shape index (κ1) is 19.5. The van der Waals surface area contributed by atoms with Gasteiger partial charge in [0.15, 0.2) is 6.61 Å². The molecule has 5 nitrogen and oxygen atoms in total. The third kappa shape index (κ3) is 5.15. The van der Waals surface area contributed by atoms with E-state index in [1.165, 1.54) is 5.69 Å². The Morgan fingerprint density at radius 2 is 1.85 bits per heavy atom. The van der Waals surface area contributed by atoms with Gasteiger partial charge in [0.05, 0.1) is 38.2 Å². The first-order valence-electron chi connectivity index (χ1n) is 9.28. The van der Waals surface area contributed by atoms with Gasteiger partial charge in [0, 0.05) is 11.4 Å². The van der Waals surface area contributed by atoms with Crippen LogP contribution in [0.2, 0.25) is 5.02 Å². The number of anilines is 2. The van der Waals surface area contributed by atoms with Crippen molar-refractivity contribution in [1.29, 1.82) is 0 Å². The van der Waals surface area contributed by atoms with Crippen LogP contribution >= 0.6 is 11.6 Å². The number of halogens is 1. The molecule has 27 heavy (non-hydrogen) atoms. The van der Waals surface area contributed by atoms with Gasteiger partial charge in [0.1, 0.15) is 5.75 Å². The van der Waals surface area contributed by atoms with Crippen molar-refractivity contribution in [2.24, 2.45) is 0 Å². The summed E-state index contributed by atoms with van der Waals surface area (Å²) in [5.74, 6) is 0.354. The molecule has 1 heterocycles. The summed E-state index contributed by atoms with van der Waals surface area (Å²) in [6, 6.07) is 11.8. The molecule has 0 unspecified atom stereocenters. The Hall–Kier alpha value is -2.24. The quantitative estimate of drug-likeness (QED) is 0.826. The molecule has 2 N–H and O–H groups in total. The number of ether oxygens (including phenoxy) is 1. The predicted octanol–water partition coefficient (Wildman–Crippen LogP) is 2.31. The van der Waals surface area contributed by atoms with E-state index in [9.17, 15) is 4.79 Å². The number of benzene rings is 2. The van der Waals surface area contributed by atoms with Crippen LogP contribution in [0.1, 0.15) is 11.1 Å². The molecule has 0 saturated carbocycles. The van der Waals surface area contributed by atoms with E-state index in [4.69, 9.17) is 16.3 Å². The molecule has 2 aromatic carbocycles. The maximum absolute atomic E-state index is 12.2. The molecule has 1 fully saturated rings. The lowest BCUT2D eigenvalue weighted by Gasteiger charge is -2.31. The van der Waals surface area contributed by atoms with Crippen LogP contribution in [0.4, 0.5) is 11.4 Å². The Labute approximate surface area is 165 Å². The number of rotatable bonds is 5. The van der Waals surface area contributed by atoms with Gasteiger partial charge < -0.3 is 19.9 Å². The lowest BCUT2D eigenvalue weighted by molar-refractivity contribution is -0.880. The molecule has 0 atom stereocenters. The lowest BCUT2D eigenvalue weighted by Crippen LogP contribution is -3.12. The van der Waals surface area contributed by atoms with Gasteiger partial charge in [-0.1, -0.05) is 17.7 Å². The van der Waals surface area contributed by atoms with E-state index in [1.54, 1.807) is 4.90 Å². The summed E-state index contributed by atoms with van der Waals surface area (Å²) in [6.07, 6.45) is 0. The Morgan fingerprint density at radius 3 is 2.48 bits per heavy atom. The van der Waals surface area contributed by atoms with Crippen molar-refractivity contribution in [3.63, 3.8) is 0 Å². The molecule has 1 aliphatic rings. The number of amides is 1. The molecular formula is C21H27ClN3O2+. The molecule has 0 aliphatic carbocycles. The van der Waals surface area contributed by atoms with Crippen LogP contribution in [-0.4, -0.2) is 45.7 Å². The standard InChI is InChI=1S/C21H26ClN3O2/c1-15-12-16(2)21(19(22)13-15)27-14-20(26)23-17-4-6-18(7-5-17)25-10-8-24(3)9-11-25/h4-7,12-13H,8-11,14H2,1-3H3,(H,23,26)/p+1. The summed E-state index contributed by atoms with van der Waals surface area (Å²) in [5, 5.41) is 3.40. The largest absolute Gasteiger partial charge is 0.482 e. The van der Waals surface area contributed by atoms with Crippen molar-refractivity contribution in [3.05, 3.63) is 52.5 Å². The van der Waals surface area contributed by atoms with Crippen LogP contribution in [0.5, 0.6) is 5.75 Å². The van der Waals surface area contributed by atoms with Crippen LogP contribution in [0.25, 0.3) is 0 Å². The van der Waals surface area contributed by atoms with E-state index in [-0.39, 0.29) is 12.5 Å². The first-order valence-corrected chi connectivity index (χ1v) is 9.66. The normalized spacial score (nSPS) is 14.9. The monoisotopic (exact) mass is 388 g/mol. The number of likely N-dealkylation sites (N-methyl/N-ethyl adjacent to an activating group) is 1. The highest BCUT2D eigenvalue weighted by Gasteiger charge is 2.17. The van der Waals surface area contributed by atoms with Gasteiger partial charge in [-0.3, -0.25) is 4.79 Å². The van der Waals surface area contributed by atoms with Gasteiger partial charge in [0.2, 0.25) is 0 Å². The highest BCUT2D eigenvalue weighted by atomic mass is 35.5. The third-order valence-corrected chi connectivity index (χ3v) is 5.14. The van der Waals surface area contributed by atoms with Gasteiger partial charge in [-0.25, -0.2) is 0 Å². The first-order chi connectivity index (χ1) is 12.9. The minimum atomic E-state index is -0.206. The number of aryl methyl sites for hydroxylation is 2. The number of quaternary nitrogens is 1. The molecule has 0 aromatic heterocycles. The van der Waals surface area contributed by atoms with E-state index >= 15 is 0 Å². The van der Waals surface area contributed by atoms with Gasteiger partial charge in [-0.15, -0.1) is 0 Å². The van der Waals surface area contributed by atoms with E-state index in [1.807, 2.05) is 38.1 Å². The zero-order chi connectivity index (χ0) is 19.4. The van der Waals surface area contributed by atoms with Crippen molar-refractivity contribution in [2.75, 3.05) is 50.1 Å². The Kier molecular flexibility index (Phi) is 6.24. The summed E-state index contributed by atoms with van der Waals surface area (Å²) in [6.45, 7) is 8.23. The number of hydrogen-bond donors (Lipinski definition) is 2. The van der Waals surface area contributed by atoms with E-state index in [0.29, 0.717) is 10.8 Å². The van der Waals surface area contributed by atoms with Gasteiger partial charge in [-0.2, -0.15) is 0 Å². The smallest absolute Gasteiger partial charge is 0.262 e. The topological polar surface area (TPSA) is 46.0 Å². The van der Waals surface area contributed by atoms with E-state index < -0.39 is 0 Å². The average molecular weight is 389 g/mol. The SMILES string of the molecule is Cc1cc(C)c(OCC(=O)Nc2ccc(N3CC[NH+](C)CC3)cc2)c(Cl)c1. The van der Waals surface area contributed by atoms with Crippen LogP contribution < -0.4 is 19.9 Å². The van der Waals surface area contributed by atoms with Crippen molar-refractivity contribution >= 4 is 28.9 Å². The second kappa shape index (κ2) is 8.63. The summed E-state index contributed by atoms with van der Waals surface area (Å²) < 4.78 is 5.63. The summed E-state index contributed by atoms with van der Waals surface area (Å²) in [7, 11) is 2.23. The highest BCUT2D eigenvalue weighted by Crippen LogP contribution is 2.29. The van der Waals surface area contributed by atoms with Gasteiger partial charge in [0.25, 0.3) is 5.91 Å². The molecule has 1 aliphatic heterocycles. The molecular weight excluding hydrogens is 362 g/mol. The molecule has 144 valence electrons. The molecule has 0 spiro atoms. The second-order valence-electron chi connectivity index (χ2n) is 7.22. The molecule has 2 aromatic rings. The second-order valence-corrected chi connectivity index (χ2v) is 7.63. The minimum Gasteiger partial charge on any atom is -0.482 e. The molecule has 3 rings (SSSR count). The number of piperazine rings is 1. The Balaban J connectivity index is 1.54. The van der Waals surface area contributed by atoms with Crippen molar-refractivity contribution in [3.8, 4) is 5.75 Å². The van der Waals surface area contributed by atoms with Gasteiger partial charge >= 0.3 is 0 Å². The van der Waals surface area contributed by atoms with Crippen LogP contribution in [0.3, 0.4) is 0 Å². The third-order valence-electron chi connectivity index (χ3n) is 4.85. The zero-order valence-corrected chi connectivity index (χ0v) is 16.9. The van der Waals surface area contributed by atoms with E-state index in [2.05, 4.69) is 29.4 Å². The highest BCUT2D eigenvalue weighted by molar-refractivity contribution is 6.32. The van der Waals surface area contributed by atoms with Crippen LogP contribution in [0.15, 0.2) is 36.4 Å². The number of carbonyl (C=O) groups is 1. The fraction of sp³-hybridized carbons (Fsp3) is 0.381. The number of carbonyl (C=O) groups excluding carboxylic acids is 1. The molecule has 0 bridgehead atoms. The zero-order valence-electron chi connectivity index (χ0n) is 16.1. The summed E-state index contributed by atoms with van der Waals surface area (Å²) in [5.41, 5.74) is 3.94. The lowest BCUT2D eigenvalue weighted by atomic mass is 10.1. The van der Waals surface area contributed by atoms with Crippen LogP contribution in [-0.2, 0) is 4.79 Å². The molecule has 1 amide bonds. The van der Waals surface area contributed by atoms with Gasteiger partial charge in [-0.05, 0) is 55.3 Å². The fourth-order valence-corrected chi connectivity index (χ4v) is 3.70. The number of nitrogens with zero attached hydrogens (tertiary/aromatic N) is 1. The summed E-state index contributed by atoms with van der Waals surface area (Å²) in [4.78, 5) is 16.2. The molecule has 6 heteroatoms. The Bertz CT molecular complexity index is 777. The molecule has 1 saturated heterocycles. The van der Waals surface area contributed by atoms with E-state index in [0.717, 1.165) is 43.0 Å². The fourth-order valence-electron chi connectivity index (χ4n) is 3.32. The average Bonchev–Trinajstić information content (AvgIpc) is 2.62. The Morgan fingerprint density at radius 1 is 1.19 bits per heavy atom. The maximum atomic E-state index is 12.2. The predicted molar refractivity (Wildman–Crippen MR) is 110 cm³/mol. The van der Waals surface area contributed by atoms with Crippen molar-refractivity contribution in [1.82, 2.24) is 0 Å². The van der Waals surface area contributed by atoms with Crippen LogP contribution in [0, 0.1) is 13.8 Å². The molecule has 0 radical (unpaired) electrons. The maximum Gasteiger partial charge on any atom is 0.262 e. The minimum absolute atomic E-state index is 0.0768. The summed E-state index contributed by atoms with van der Waals surface area (Å²) >= 11 is 6.22. The number of nitrogens with one attached hydrogen (secondary N) is 2. The number of hydrogen-bond acceptors (Lipinski definition) is 3. The van der Waals surface area contributed by atoms with Crippen molar-refractivity contribution < 1.29 is 14.4 Å².